The first-order valence-electron chi connectivity index (χ1n) is 7.81. The zero-order valence-corrected chi connectivity index (χ0v) is 14.1. The van der Waals surface area contributed by atoms with Crippen LogP contribution in [0.1, 0.15) is 31.9 Å². The number of ether oxygens (including phenoxy) is 1. The molecule has 0 aliphatic heterocycles. The number of hydrogen-bond donors (Lipinski definition) is 3. The smallest absolute Gasteiger partial charge is 0.261 e. The van der Waals surface area contributed by atoms with Crippen molar-refractivity contribution < 1.29 is 19.7 Å². The van der Waals surface area contributed by atoms with Gasteiger partial charge in [-0.25, -0.2) is 0 Å². The Morgan fingerprint density at radius 1 is 1.12 bits per heavy atom. The van der Waals surface area contributed by atoms with E-state index in [1.54, 1.807) is 32.9 Å². The van der Waals surface area contributed by atoms with Crippen molar-refractivity contribution in [3.05, 3.63) is 59.7 Å². The summed E-state index contributed by atoms with van der Waals surface area (Å²) in [5.74, 6) is 0.438. The van der Waals surface area contributed by atoms with E-state index in [2.05, 4.69) is 5.32 Å². The molecule has 1 atom stereocenters. The van der Waals surface area contributed by atoms with E-state index in [9.17, 15) is 15.0 Å². The molecule has 2 aromatic carbocycles. The zero-order chi connectivity index (χ0) is 17.7. The number of aromatic hydroxyl groups is 1. The number of rotatable bonds is 6. The number of amides is 1. The lowest BCUT2D eigenvalue weighted by Crippen LogP contribution is -2.35. The van der Waals surface area contributed by atoms with Crippen LogP contribution in [0.5, 0.6) is 11.5 Å². The Kier molecular flexibility index (Phi) is 5.46. The molecule has 0 aromatic heterocycles. The van der Waals surface area contributed by atoms with Gasteiger partial charge in [0.2, 0.25) is 0 Å². The van der Waals surface area contributed by atoms with Crippen molar-refractivity contribution in [2.24, 2.45) is 0 Å². The summed E-state index contributed by atoms with van der Waals surface area (Å²) in [4.78, 5) is 12.1. The number of phenols is 1. The third-order valence-corrected chi connectivity index (χ3v) is 3.65. The highest BCUT2D eigenvalue weighted by Gasteiger charge is 2.16. The van der Waals surface area contributed by atoms with Crippen LogP contribution in [0, 0.1) is 0 Å². The van der Waals surface area contributed by atoms with Gasteiger partial charge in [0.25, 0.3) is 5.91 Å². The van der Waals surface area contributed by atoms with Gasteiger partial charge in [-0.15, -0.1) is 0 Å². The van der Waals surface area contributed by atoms with Crippen molar-refractivity contribution in [1.82, 2.24) is 5.32 Å². The van der Waals surface area contributed by atoms with Crippen LogP contribution in [0.4, 0.5) is 0 Å². The lowest BCUT2D eigenvalue weighted by atomic mass is 9.97. The van der Waals surface area contributed by atoms with Gasteiger partial charge in [-0.1, -0.05) is 24.3 Å². The molecule has 1 unspecified atom stereocenters. The van der Waals surface area contributed by atoms with Crippen LogP contribution in [0.25, 0.3) is 0 Å². The van der Waals surface area contributed by atoms with Crippen LogP contribution in [-0.4, -0.2) is 22.2 Å². The molecule has 0 radical (unpaired) electrons. The minimum Gasteiger partial charge on any atom is -0.508 e. The fourth-order valence-corrected chi connectivity index (χ4v) is 2.15. The van der Waals surface area contributed by atoms with Gasteiger partial charge in [-0.3, -0.25) is 4.79 Å². The monoisotopic (exact) mass is 329 g/mol. The fourth-order valence-electron chi connectivity index (χ4n) is 2.15. The summed E-state index contributed by atoms with van der Waals surface area (Å²) in [5, 5.41) is 22.0. The molecule has 1 amide bonds. The predicted octanol–water partition coefficient (Wildman–Crippen LogP) is 2.70. The fraction of sp³-hybridized carbons (Fsp3) is 0.316. The highest BCUT2D eigenvalue weighted by atomic mass is 16.5. The Morgan fingerprint density at radius 2 is 1.71 bits per heavy atom. The largest absolute Gasteiger partial charge is 0.508 e. The average Bonchev–Trinajstić information content (AvgIpc) is 2.54. The Morgan fingerprint density at radius 3 is 2.25 bits per heavy atom. The highest BCUT2D eigenvalue weighted by Crippen LogP contribution is 2.20. The summed E-state index contributed by atoms with van der Waals surface area (Å²) in [6.45, 7) is 5.51. The minimum absolute atomic E-state index is 0.147. The molecular formula is C19H23NO4. The molecule has 0 saturated heterocycles. The highest BCUT2D eigenvalue weighted by molar-refractivity contribution is 5.80. The van der Waals surface area contributed by atoms with E-state index in [4.69, 9.17) is 4.74 Å². The van der Waals surface area contributed by atoms with Gasteiger partial charge in [-0.05, 0) is 56.2 Å². The number of aliphatic hydroxyl groups is 1. The summed E-state index contributed by atoms with van der Waals surface area (Å²) in [6.07, 6.45) is -0.648. The molecule has 5 nitrogen and oxygen atoms in total. The number of carbonyl (C=O) groups is 1. The van der Waals surface area contributed by atoms with Gasteiger partial charge in [0.1, 0.15) is 11.5 Å². The molecular weight excluding hydrogens is 306 g/mol. The number of phenolic OH excluding ortho intramolecular Hbond substituents is 1. The first-order chi connectivity index (χ1) is 11.3. The summed E-state index contributed by atoms with van der Waals surface area (Å²) in [7, 11) is 0. The molecule has 5 heteroatoms. The molecule has 0 aliphatic rings. The average molecular weight is 329 g/mol. The molecule has 2 rings (SSSR count). The summed E-state index contributed by atoms with van der Waals surface area (Å²) in [5.41, 5.74) is 0.878. The van der Waals surface area contributed by atoms with E-state index < -0.39 is 11.7 Å². The number of hydrogen-bond acceptors (Lipinski definition) is 4. The van der Waals surface area contributed by atoms with Crippen LogP contribution in [0.15, 0.2) is 48.5 Å². The van der Waals surface area contributed by atoms with Gasteiger partial charge >= 0.3 is 0 Å². The molecule has 24 heavy (non-hydrogen) atoms. The topological polar surface area (TPSA) is 78.8 Å². The first kappa shape index (κ1) is 17.8. The van der Waals surface area contributed by atoms with E-state index in [1.165, 1.54) is 12.1 Å². The van der Waals surface area contributed by atoms with E-state index in [0.29, 0.717) is 12.3 Å². The van der Waals surface area contributed by atoms with Crippen molar-refractivity contribution in [2.75, 3.05) is 0 Å². The van der Waals surface area contributed by atoms with E-state index in [0.717, 1.165) is 11.1 Å². The first-order valence-corrected chi connectivity index (χ1v) is 7.81. The molecule has 3 N–H and O–H groups in total. The number of carbonyl (C=O) groups excluding carboxylic acids is 1. The SMILES string of the molecule is CC(Oc1ccc(O)cc1)C(=O)NCc1ccc(C(C)(C)O)cc1. The van der Waals surface area contributed by atoms with E-state index in [1.807, 2.05) is 24.3 Å². The Labute approximate surface area is 141 Å². The van der Waals surface area contributed by atoms with E-state index >= 15 is 0 Å². The third-order valence-electron chi connectivity index (χ3n) is 3.65. The summed E-state index contributed by atoms with van der Waals surface area (Å²) >= 11 is 0. The summed E-state index contributed by atoms with van der Waals surface area (Å²) in [6, 6.07) is 13.7. The van der Waals surface area contributed by atoms with Crippen LogP contribution < -0.4 is 10.1 Å². The number of benzene rings is 2. The second-order valence-electron chi connectivity index (χ2n) is 6.23. The Hall–Kier alpha value is -2.53. The van der Waals surface area contributed by atoms with Crippen molar-refractivity contribution in [2.45, 2.75) is 39.0 Å². The zero-order valence-electron chi connectivity index (χ0n) is 14.1. The van der Waals surface area contributed by atoms with Gasteiger partial charge < -0.3 is 20.3 Å². The van der Waals surface area contributed by atoms with Crippen LogP contribution in [0.2, 0.25) is 0 Å². The molecule has 0 fully saturated rings. The summed E-state index contributed by atoms with van der Waals surface area (Å²) < 4.78 is 5.53. The minimum atomic E-state index is -0.881. The molecule has 0 saturated carbocycles. The lowest BCUT2D eigenvalue weighted by Gasteiger charge is -2.18. The Balaban J connectivity index is 1.86. The second-order valence-corrected chi connectivity index (χ2v) is 6.23. The molecule has 0 heterocycles. The van der Waals surface area contributed by atoms with Crippen molar-refractivity contribution in [3.63, 3.8) is 0 Å². The molecule has 0 bridgehead atoms. The standard InChI is InChI=1S/C19H23NO4/c1-13(24-17-10-8-16(21)9-11-17)18(22)20-12-14-4-6-15(7-5-14)19(2,3)23/h4-11,13,21,23H,12H2,1-3H3,(H,20,22). The normalized spacial score (nSPS) is 12.5. The van der Waals surface area contributed by atoms with Crippen molar-refractivity contribution >= 4 is 5.91 Å². The maximum atomic E-state index is 12.1. The van der Waals surface area contributed by atoms with Gasteiger partial charge in [0, 0.05) is 6.54 Å². The van der Waals surface area contributed by atoms with Crippen LogP contribution >= 0.6 is 0 Å². The van der Waals surface area contributed by atoms with Crippen LogP contribution in [-0.2, 0) is 16.9 Å². The second kappa shape index (κ2) is 7.36. The molecule has 0 aliphatic carbocycles. The molecule has 0 spiro atoms. The lowest BCUT2D eigenvalue weighted by molar-refractivity contribution is -0.127. The molecule has 128 valence electrons. The van der Waals surface area contributed by atoms with Crippen molar-refractivity contribution in [1.29, 1.82) is 0 Å². The number of nitrogens with one attached hydrogen (secondary N) is 1. The van der Waals surface area contributed by atoms with Gasteiger partial charge in [0.15, 0.2) is 6.10 Å². The maximum absolute atomic E-state index is 12.1. The van der Waals surface area contributed by atoms with Gasteiger partial charge in [0.05, 0.1) is 5.60 Å². The van der Waals surface area contributed by atoms with Crippen molar-refractivity contribution in [3.8, 4) is 11.5 Å². The molecule has 2 aromatic rings. The predicted molar refractivity (Wildman–Crippen MR) is 91.7 cm³/mol. The van der Waals surface area contributed by atoms with Crippen LogP contribution in [0.3, 0.4) is 0 Å². The quantitative estimate of drug-likeness (QED) is 0.761. The van der Waals surface area contributed by atoms with E-state index in [-0.39, 0.29) is 11.7 Å². The third kappa shape index (κ3) is 4.99. The Bertz CT molecular complexity index is 672. The van der Waals surface area contributed by atoms with Gasteiger partial charge in [-0.2, -0.15) is 0 Å². The maximum Gasteiger partial charge on any atom is 0.261 e.